The molecular formula is C29H37F7N6O4. The van der Waals surface area contributed by atoms with Gasteiger partial charge in [-0.15, -0.1) is 5.10 Å². The van der Waals surface area contributed by atoms with E-state index in [4.69, 9.17) is 9.90 Å². The first kappa shape index (κ1) is 36.7. The predicted octanol–water partition coefficient (Wildman–Crippen LogP) is 4.97. The van der Waals surface area contributed by atoms with Crippen molar-refractivity contribution in [3.63, 3.8) is 0 Å². The van der Waals surface area contributed by atoms with E-state index < -0.39 is 37.4 Å². The number of amides is 2. The summed E-state index contributed by atoms with van der Waals surface area (Å²) in [5.41, 5.74) is 1.46. The lowest BCUT2D eigenvalue weighted by molar-refractivity contribution is -0.192. The van der Waals surface area contributed by atoms with Crippen molar-refractivity contribution in [1.82, 2.24) is 30.1 Å². The van der Waals surface area contributed by atoms with Crippen molar-refractivity contribution < 1.29 is 50.2 Å². The molecule has 3 heterocycles. The summed E-state index contributed by atoms with van der Waals surface area (Å²) < 4.78 is 83.2. The summed E-state index contributed by atoms with van der Waals surface area (Å²) in [6.45, 7) is 1.72. The van der Waals surface area contributed by atoms with E-state index in [1.807, 2.05) is 10.2 Å². The molecule has 0 atom stereocenters. The SMILES string of the molecule is O=C(NCC(F)(F)F)c1ccc(-n2nnc(C(=O)N3CCC(N4CCCCC4)CC3)c2CCCCCF)cc1.O=C(O)C(F)(F)F. The number of rotatable bonds is 10. The van der Waals surface area contributed by atoms with Gasteiger partial charge in [0.15, 0.2) is 5.69 Å². The number of aliphatic carboxylic acids is 1. The van der Waals surface area contributed by atoms with Crippen molar-refractivity contribution in [2.75, 3.05) is 39.4 Å². The zero-order valence-electron chi connectivity index (χ0n) is 25.0. The van der Waals surface area contributed by atoms with E-state index in [-0.39, 0.29) is 17.2 Å². The lowest BCUT2D eigenvalue weighted by Gasteiger charge is -2.40. The van der Waals surface area contributed by atoms with E-state index >= 15 is 0 Å². The number of benzene rings is 1. The van der Waals surface area contributed by atoms with Crippen LogP contribution in [0, 0.1) is 0 Å². The average Bonchev–Trinajstić information content (AvgIpc) is 3.45. The number of carboxylic acids is 1. The van der Waals surface area contributed by atoms with Crippen molar-refractivity contribution >= 4 is 17.8 Å². The fourth-order valence-corrected chi connectivity index (χ4v) is 5.37. The molecule has 2 aliphatic heterocycles. The quantitative estimate of drug-likeness (QED) is 0.272. The smallest absolute Gasteiger partial charge is 0.475 e. The fraction of sp³-hybridized carbons (Fsp3) is 0.621. The average molecular weight is 667 g/mol. The van der Waals surface area contributed by atoms with Gasteiger partial charge in [-0.05, 0) is 82.3 Å². The molecule has 0 saturated carbocycles. The number of unbranched alkanes of at least 4 members (excludes halogenated alkanes) is 2. The second kappa shape index (κ2) is 16.7. The van der Waals surface area contributed by atoms with Gasteiger partial charge in [-0.1, -0.05) is 18.1 Å². The topological polar surface area (TPSA) is 121 Å². The van der Waals surface area contributed by atoms with E-state index in [1.54, 1.807) is 12.1 Å². The van der Waals surface area contributed by atoms with Gasteiger partial charge in [-0.25, -0.2) is 9.48 Å². The molecule has 17 heteroatoms. The Balaban J connectivity index is 0.000000738. The second-order valence-electron chi connectivity index (χ2n) is 11.1. The predicted molar refractivity (Wildman–Crippen MR) is 151 cm³/mol. The largest absolute Gasteiger partial charge is 0.490 e. The summed E-state index contributed by atoms with van der Waals surface area (Å²) in [5.74, 6) is -3.78. The van der Waals surface area contributed by atoms with Gasteiger partial charge < -0.3 is 20.2 Å². The standard InChI is InChI=1S/C27H36F4N6O2.C2HF3O2/c28-14-4-1-3-7-23-24(26(39)36-17-12-21(13-18-36)35-15-5-2-6-16-35)33-34-37(23)22-10-8-20(9-11-22)25(38)32-19-27(29,30)31;3-2(4,5)1(6)7/h8-11,21H,1-7,12-19H2,(H,32,38);(H,6,7). The maximum atomic E-state index is 13.5. The van der Waals surface area contributed by atoms with E-state index in [9.17, 15) is 40.3 Å². The number of piperidine rings is 2. The van der Waals surface area contributed by atoms with Crippen LogP contribution in [0.15, 0.2) is 24.3 Å². The highest BCUT2D eigenvalue weighted by Gasteiger charge is 2.38. The van der Waals surface area contributed by atoms with Crippen LogP contribution in [0.2, 0.25) is 0 Å². The number of likely N-dealkylation sites (tertiary alicyclic amines) is 2. The normalized spacial score (nSPS) is 16.5. The van der Waals surface area contributed by atoms with Gasteiger partial charge in [0.1, 0.15) is 6.54 Å². The van der Waals surface area contributed by atoms with Gasteiger partial charge >= 0.3 is 18.3 Å². The Kier molecular flexibility index (Phi) is 13.3. The molecule has 4 rings (SSSR count). The molecule has 10 nitrogen and oxygen atoms in total. The Hall–Kier alpha value is -3.76. The first-order valence-electron chi connectivity index (χ1n) is 15.0. The summed E-state index contributed by atoms with van der Waals surface area (Å²) in [6, 6.07) is 6.42. The van der Waals surface area contributed by atoms with Crippen molar-refractivity contribution in [2.45, 2.75) is 76.2 Å². The third-order valence-corrected chi connectivity index (χ3v) is 7.74. The molecule has 2 N–H and O–H groups in total. The summed E-state index contributed by atoms with van der Waals surface area (Å²) in [7, 11) is 0. The number of carbonyl (C=O) groups excluding carboxylic acids is 2. The van der Waals surface area contributed by atoms with Crippen LogP contribution in [0.1, 0.15) is 77.9 Å². The van der Waals surface area contributed by atoms with E-state index in [0.717, 1.165) is 25.9 Å². The number of nitrogens with one attached hydrogen (secondary N) is 1. The summed E-state index contributed by atoms with van der Waals surface area (Å²) in [5, 5.41) is 17.4. The highest BCUT2D eigenvalue weighted by atomic mass is 19.4. The maximum Gasteiger partial charge on any atom is 0.490 e. The highest BCUT2D eigenvalue weighted by Crippen LogP contribution is 2.24. The van der Waals surface area contributed by atoms with Gasteiger partial charge in [0, 0.05) is 24.7 Å². The first-order valence-corrected chi connectivity index (χ1v) is 15.0. The summed E-state index contributed by atoms with van der Waals surface area (Å²) >= 11 is 0. The summed E-state index contributed by atoms with van der Waals surface area (Å²) in [6.07, 6.45) is -1.82. The maximum absolute atomic E-state index is 13.5. The van der Waals surface area contributed by atoms with Crippen LogP contribution in [0.25, 0.3) is 5.69 Å². The minimum absolute atomic E-state index is 0.0699. The molecule has 0 radical (unpaired) electrons. The van der Waals surface area contributed by atoms with Gasteiger partial charge in [0.2, 0.25) is 0 Å². The number of hydrogen-bond donors (Lipinski definition) is 2. The number of aromatic nitrogens is 3. The molecule has 256 valence electrons. The molecule has 2 aromatic rings. The third kappa shape index (κ3) is 10.9. The monoisotopic (exact) mass is 666 g/mol. The molecule has 46 heavy (non-hydrogen) atoms. The van der Waals surface area contributed by atoms with E-state index in [0.29, 0.717) is 56.2 Å². The van der Waals surface area contributed by atoms with Crippen molar-refractivity contribution in [1.29, 1.82) is 0 Å². The van der Waals surface area contributed by atoms with Crippen LogP contribution in [0.4, 0.5) is 30.7 Å². The summed E-state index contributed by atoms with van der Waals surface area (Å²) in [4.78, 5) is 38.9. The molecule has 1 aromatic carbocycles. The molecule has 2 fully saturated rings. The van der Waals surface area contributed by atoms with Crippen molar-refractivity contribution in [3.8, 4) is 5.69 Å². The molecule has 2 aliphatic rings. The first-order chi connectivity index (χ1) is 21.7. The number of alkyl halides is 7. The molecule has 2 amide bonds. The van der Waals surface area contributed by atoms with Gasteiger partial charge in [0.05, 0.1) is 18.1 Å². The molecule has 1 aromatic heterocycles. The van der Waals surface area contributed by atoms with Crippen LogP contribution < -0.4 is 5.32 Å². The van der Waals surface area contributed by atoms with Crippen LogP contribution in [0.3, 0.4) is 0 Å². The molecular weight excluding hydrogens is 629 g/mol. The Morgan fingerprint density at radius 2 is 1.50 bits per heavy atom. The lowest BCUT2D eigenvalue weighted by atomic mass is 9.99. The Bertz CT molecular complexity index is 1290. The fourth-order valence-electron chi connectivity index (χ4n) is 5.37. The Morgan fingerprint density at radius 3 is 2.04 bits per heavy atom. The van der Waals surface area contributed by atoms with Crippen LogP contribution in [-0.4, -0.2) is 105 Å². The zero-order valence-corrected chi connectivity index (χ0v) is 25.0. The number of carbonyl (C=O) groups is 3. The number of hydrogen-bond acceptors (Lipinski definition) is 6. The highest BCUT2D eigenvalue weighted by molar-refractivity contribution is 5.94. The van der Waals surface area contributed by atoms with Gasteiger partial charge in [-0.3, -0.25) is 14.0 Å². The second-order valence-corrected chi connectivity index (χ2v) is 11.1. The number of nitrogens with zero attached hydrogens (tertiary/aromatic N) is 5. The Morgan fingerprint density at radius 1 is 0.891 bits per heavy atom. The molecule has 0 unspecified atom stereocenters. The van der Waals surface area contributed by atoms with Crippen molar-refractivity contribution in [2.24, 2.45) is 0 Å². The van der Waals surface area contributed by atoms with E-state index in [1.165, 1.54) is 36.1 Å². The molecule has 2 saturated heterocycles. The van der Waals surface area contributed by atoms with Crippen LogP contribution >= 0.6 is 0 Å². The minimum Gasteiger partial charge on any atom is -0.475 e. The van der Waals surface area contributed by atoms with Gasteiger partial charge in [-0.2, -0.15) is 26.3 Å². The minimum atomic E-state index is -5.08. The molecule has 0 spiro atoms. The van der Waals surface area contributed by atoms with Crippen LogP contribution in [0.5, 0.6) is 0 Å². The van der Waals surface area contributed by atoms with E-state index in [2.05, 4.69) is 15.2 Å². The third-order valence-electron chi connectivity index (χ3n) is 7.74. The number of carboxylic acid groups (broad SMARTS) is 1. The van der Waals surface area contributed by atoms with Crippen LogP contribution in [-0.2, 0) is 11.2 Å². The van der Waals surface area contributed by atoms with Gasteiger partial charge in [0.25, 0.3) is 11.8 Å². The zero-order chi connectivity index (χ0) is 33.9. The molecule has 0 bridgehead atoms. The van der Waals surface area contributed by atoms with Crippen molar-refractivity contribution in [3.05, 3.63) is 41.2 Å². The number of halogens is 7. The Labute approximate surface area is 260 Å². The lowest BCUT2D eigenvalue weighted by Crippen LogP contribution is -2.48. The molecule has 0 aliphatic carbocycles.